The largest absolute Gasteiger partial charge is 0.466 e. The molecule has 4 aromatic carbocycles. The molecule has 0 saturated heterocycles. The molecule has 8 heteroatoms. The van der Waals surface area contributed by atoms with Crippen LogP contribution in [0.25, 0.3) is 16.7 Å². The minimum Gasteiger partial charge on any atom is -0.466 e. The van der Waals surface area contributed by atoms with E-state index in [1.54, 1.807) is 42.5 Å². The van der Waals surface area contributed by atoms with Gasteiger partial charge in [-0.3, -0.25) is 9.59 Å². The molecule has 0 aromatic heterocycles. The van der Waals surface area contributed by atoms with Crippen LogP contribution in [0.4, 0.5) is 20.2 Å². The van der Waals surface area contributed by atoms with Crippen molar-refractivity contribution in [1.82, 2.24) is 0 Å². The summed E-state index contributed by atoms with van der Waals surface area (Å²) in [5.41, 5.74) is 2.77. The number of hydrogen-bond donors (Lipinski definition) is 1. The molecule has 1 aliphatic heterocycles. The summed E-state index contributed by atoms with van der Waals surface area (Å²) in [6, 6.07) is 29.3. The number of alkyl halides is 2. The molecule has 0 unspecified atom stereocenters. The Morgan fingerprint density at radius 2 is 1.46 bits per heavy atom. The van der Waals surface area contributed by atoms with Gasteiger partial charge in [-0.15, -0.1) is 0 Å². The van der Waals surface area contributed by atoms with Crippen molar-refractivity contribution in [1.29, 1.82) is 0 Å². The number of benzene rings is 4. The molecule has 0 bridgehead atoms. The number of methoxy groups -OCH3 is 1. The van der Waals surface area contributed by atoms with Crippen LogP contribution in [-0.2, 0) is 9.53 Å². The van der Waals surface area contributed by atoms with Gasteiger partial charge in [0.25, 0.3) is 17.7 Å². The van der Waals surface area contributed by atoms with Crippen LogP contribution in [0.1, 0.15) is 32.7 Å². The van der Waals surface area contributed by atoms with Crippen LogP contribution >= 0.6 is 0 Å². The number of para-hydroxylation sites is 1. The Balaban J connectivity index is 1.39. The van der Waals surface area contributed by atoms with Gasteiger partial charge in [0.15, 0.2) is 0 Å². The highest BCUT2D eigenvalue weighted by Gasteiger charge is 2.41. The predicted molar refractivity (Wildman–Crippen MR) is 154 cm³/mol. The second-order valence-corrected chi connectivity index (χ2v) is 9.45. The van der Waals surface area contributed by atoms with Crippen LogP contribution in [-0.4, -0.2) is 37.4 Å². The van der Waals surface area contributed by atoms with Crippen molar-refractivity contribution in [3.63, 3.8) is 0 Å². The van der Waals surface area contributed by atoms with E-state index >= 15 is 8.78 Å². The summed E-state index contributed by atoms with van der Waals surface area (Å²) < 4.78 is 34.9. The first-order chi connectivity index (χ1) is 19.8. The summed E-state index contributed by atoms with van der Waals surface area (Å²) in [7, 11) is 1.12. The standard InChI is InChI=1S/C33H26F2N2O4/c1-41-30(38)21-28-27-13-7-8-14-29(27)37(20-19-33(28,34)35)32(40)23-15-17-24(18-16-23)36-31(39)26-12-6-5-11-25(26)22-9-3-2-4-10-22/h2-18,21H,19-20H2,1H3,(H,36,39)/b28-21+. The predicted octanol–water partition coefficient (Wildman–Crippen LogP) is 6.85. The molecule has 6 nitrogen and oxygen atoms in total. The maximum Gasteiger partial charge on any atom is 0.330 e. The molecular weight excluding hydrogens is 526 g/mol. The molecular formula is C33H26F2N2O4. The number of nitrogens with zero attached hydrogens (tertiary/aromatic N) is 1. The topological polar surface area (TPSA) is 75.7 Å². The molecule has 5 rings (SSSR count). The Kier molecular flexibility index (Phi) is 7.74. The van der Waals surface area contributed by atoms with Gasteiger partial charge in [0.1, 0.15) is 0 Å². The Bertz CT molecular complexity index is 1630. The number of fused-ring (bicyclic) bond motifs is 1. The molecule has 4 aromatic rings. The lowest BCUT2D eigenvalue weighted by molar-refractivity contribution is -0.134. The third kappa shape index (κ3) is 5.77. The summed E-state index contributed by atoms with van der Waals surface area (Å²) in [6.07, 6.45) is 0.103. The maximum absolute atomic E-state index is 15.1. The first-order valence-electron chi connectivity index (χ1n) is 12.9. The third-order valence-electron chi connectivity index (χ3n) is 6.88. The van der Waals surface area contributed by atoms with E-state index in [9.17, 15) is 14.4 Å². The number of carbonyl (C=O) groups is 3. The minimum atomic E-state index is -3.36. The highest BCUT2D eigenvalue weighted by molar-refractivity contribution is 6.10. The van der Waals surface area contributed by atoms with Crippen LogP contribution < -0.4 is 10.2 Å². The Labute approximate surface area is 235 Å². The van der Waals surface area contributed by atoms with Gasteiger partial charge in [0, 0.05) is 47.0 Å². The second kappa shape index (κ2) is 11.6. The van der Waals surface area contributed by atoms with Crippen molar-refractivity contribution >= 4 is 34.7 Å². The molecule has 0 aliphatic carbocycles. The molecule has 1 heterocycles. The Morgan fingerprint density at radius 3 is 2.17 bits per heavy atom. The number of anilines is 2. The highest BCUT2D eigenvalue weighted by atomic mass is 19.3. The zero-order valence-electron chi connectivity index (χ0n) is 22.1. The first kappa shape index (κ1) is 27.5. The van der Waals surface area contributed by atoms with Gasteiger partial charge >= 0.3 is 5.97 Å². The van der Waals surface area contributed by atoms with Crippen molar-refractivity contribution in [3.05, 3.63) is 126 Å². The molecule has 1 aliphatic rings. The van der Waals surface area contributed by atoms with Crippen LogP contribution in [0.5, 0.6) is 0 Å². The molecule has 2 amide bonds. The quantitative estimate of drug-likeness (QED) is 0.217. The van der Waals surface area contributed by atoms with E-state index < -0.39 is 29.8 Å². The van der Waals surface area contributed by atoms with Crippen LogP contribution in [0.2, 0.25) is 0 Å². The summed E-state index contributed by atoms with van der Waals surface area (Å²) in [5.74, 6) is -5.06. The molecule has 0 spiro atoms. The van der Waals surface area contributed by atoms with Crippen molar-refractivity contribution in [2.24, 2.45) is 0 Å². The lowest BCUT2D eigenvalue weighted by Crippen LogP contribution is -2.33. The van der Waals surface area contributed by atoms with Gasteiger partial charge in [-0.25, -0.2) is 13.6 Å². The van der Waals surface area contributed by atoms with E-state index in [2.05, 4.69) is 10.1 Å². The van der Waals surface area contributed by atoms with Crippen molar-refractivity contribution < 1.29 is 27.9 Å². The molecule has 0 atom stereocenters. The normalized spacial score (nSPS) is 15.0. The first-order valence-corrected chi connectivity index (χ1v) is 12.9. The molecule has 0 saturated carbocycles. The lowest BCUT2D eigenvalue weighted by atomic mass is 9.97. The molecule has 41 heavy (non-hydrogen) atoms. The van der Waals surface area contributed by atoms with Gasteiger partial charge in [-0.2, -0.15) is 0 Å². The average Bonchev–Trinajstić information content (AvgIpc) is 3.11. The van der Waals surface area contributed by atoms with E-state index in [-0.39, 0.29) is 29.3 Å². The number of carbonyl (C=O) groups excluding carboxylic acids is 3. The average molecular weight is 553 g/mol. The van der Waals surface area contributed by atoms with E-state index in [1.807, 2.05) is 42.5 Å². The number of esters is 1. The summed E-state index contributed by atoms with van der Waals surface area (Å²) in [4.78, 5) is 39.9. The van der Waals surface area contributed by atoms with Gasteiger partial charge in [-0.05, 0) is 47.5 Å². The molecule has 206 valence electrons. The van der Waals surface area contributed by atoms with Crippen LogP contribution in [0.15, 0.2) is 109 Å². The number of allylic oxidation sites excluding steroid dienone is 1. The Hall–Kier alpha value is -5.11. The number of halogens is 2. The van der Waals surface area contributed by atoms with Crippen LogP contribution in [0.3, 0.4) is 0 Å². The number of amides is 2. The number of nitrogens with one attached hydrogen (secondary N) is 1. The maximum atomic E-state index is 15.1. The van der Waals surface area contributed by atoms with E-state index in [1.165, 1.54) is 23.1 Å². The number of ether oxygens (including phenoxy) is 1. The van der Waals surface area contributed by atoms with E-state index in [0.29, 0.717) is 11.3 Å². The Morgan fingerprint density at radius 1 is 0.829 bits per heavy atom. The highest BCUT2D eigenvalue weighted by Crippen LogP contribution is 2.43. The van der Waals surface area contributed by atoms with E-state index in [0.717, 1.165) is 24.3 Å². The summed E-state index contributed by atoms with van der Waals surface area (Å²) >= 11 is 0. The van der Waals surface area contributed by atoms with Gasteiger partial charge in [0.05, 0.1) is 12.8 Å². The zero-order valence-corrected chi connectivity index (χ0v) is 22.1. The third-order valence-corrected chi connectivity index (χ3v) is 6.88. The number of rotatable bonds is 5. The molecule has 0 radical (unpaired) electrons. The lowest BCUT2D eigenvalue weighted by Gasteiger charge is -2.23. The minimum absolute atomic E-state index is 0.0784. The van der Waals surface area contributed by atoms with Gasteiger partial charge < -0.3 is 15.0 Å². The van der Waals surface area contributed by atoms with Crippen LogP contribution in [0, 0.1) is 0 Å². The summed E-state index contributed by atoms with van der Waals surface area (Å²) in [5, 5.41) is 2.87. The fourth-order valence-electron chi connectivity index (χ4n) is 4.81. The van der Waals surface area contributed by atoms with Crippen molar-refractivity contribution in [2.75, 3.05) is 23.9 Å². The van der Waals surface area contributed by atoms with Gasteiger partial charge in [0.2, 0.25) is 0 Å². The van der Waals surface area contributed by atoms with Crippen molar-refractivity contribution in [3.8, 4) is 11.1 Å². The SMILES string of the molecule is COC(=O)/C=C1\c2ccccc2N(C(=O)c2ccc(NC(=O)c3ccccc3-c3ccccc3)cc2)CCC1(F)F. The van der Waals surface area contributed by atoms with Crippen molar-refractivity contribution in [2.45, 2.75) is 12.3 Å². The molecule has 0 fully saturated rings. The smallest absolute Gasteiger partial charge is 0.330 e. The zero-order chi connectivity index (χ0) is 29.0. The van der Waals surface area contributed by atoms with Gasteiger partial charge in [-0.1, -0.05) is 66.7 Å². The molecule has 1 N–H and O–H groups in total. The number of hydrogen-bond acceptors (Lipinski definition) is 4. The van der Waals surface area contributed by atoms with E-state index in [4.69, 9.17) is 0 Å². The monoisotopic (exact) mass is 552 g/mol. The summed E-state index contributed by atoms with van der Waals surface area (Å²) in [6.45, 7) is -0.268. The fraction of sp³-hybridized carbons (Fsp3) is 0.121. The fourth-order valence-corrected chi connectivity index (χ4v) is 4.81. The second-order valence-electron chi connectivity index (χ2n) is 9.45.